The molecule has 1 amide bonds. The quantitative estimate of drug-likeness (QED) is 0.741. The lowest BCUT2D eigenvalue weighted by molar-refractivity contribution is -0.124. The second-order valence-electron chi connectivity index (χ2n) is 5.03. The fourth-order valence-electron chi connectivity index (χ4n) is 2.48. The van der Waals surface area contributed by atoms with E-state index in [4.69, 9.17) is 5.11 Å². The Labute approximate surface area is 114 Å². The Morgan fingerprint density at radius 1 is 1.47 bits per heavy atom. The molecular weight excluding hydrogens is 240 g/mol. The van der Waals surface area contributed by atoms with Crippen molar-refractivity contribution in [1.29, 1.82) is 0 Å². The van der Waals surface area contributed by atoms with E-state index < -0.39 is 0 Å². The van der Waals surface area contributed by atoms with Crippen LogP contribution in [0, 0.1) is 0 Å². The van der Waals surface area contributed by atoms with Crippen LogP contribution in [0.25, 0.3) is 0 Å². The Balaban J connectivity index is 1.95. The maximum absolute atomic E-state index is 12.2. The number of carbonyl (C=O) groups is 1. The molecule has 19 heavy (non-hydrogen) atoms. The Hall–Kier alpha value is -1.39. The normalized spacial score (nSPS) is 19.6. The molecule has 4 nitrogen and oxygen atoms in total. The van der Waals surface area contributed by atoms with Crippen LogP contribution in [0.15, 0.2) is 24.3 Å². The zero-order valence-electron chi connectivity index (χ0n) is 11.4. The van der Waals surface area contributed by atoms with Crippen molar-refractivity contribution in [2.75, 3.05) is 6.61 Å². The summed E-state index contributed by atoms with van der Waals surface area (Å²) < 4.78 is 0. The lowest BCUT2D eigenvalue weighted by Crippen LogP contribution is -2.50. The molecule has 3 N–H and O–H groups in total. The third kappa shape index (κ3) is 3.55. The molecule has 0 saturated carbocycles. The molecule has 1 heterocycles. The van der Waals surface area contributed by atoms with Gasteiger partial charge >= 0.3 is 0 Å². The van der Waals surface area contributed by atoms with Crippen LogP contribution in [0.4, 0.5) is 0 Å². The van der Waals surface area contributed by atoms with Gasteiger partial charge in [-0.2, -0.15) is 0 Å². The number of rotatable bonds is 5. The zero-order valence-corrected chi connectivity index (χ0v) is 11.4. The maximum atomic E-state index is 12.2. The van der Waals surface area contributed by atoms with E-state index in [0.29, 0.717) is 6.42 Å². The molecule has 0 aromatic heterocycles. The molecule has 4 heteroatoms. The number of carbonyl (C=O) groups excluding carboxylic acids is 1. The van der Waals surface area contributed by atoms with Crippen LogP contribution in [0.5, 0.6) is 0 Å². The van der Waals surface area contributed by atoms with Crippen molar-refractivity contribution in [3.63, 3.8) is 0 Å². The molecule has 1 aromatic carbocycles. The van der Waals surface area contributed by atoms with E-state index in [-0.39, 0.29) is 24.6 Å². The summed E-state index contributed by atoms with van der Waals surface area (Å²) in [5, 5.41) is 15.2. The highest BCUT2D eigenvalue weighted by molar-refractivity contribution is 5.82. The van der Waals surface area contributed by atoms with E-state index in [1.807, 2.05) is 19.1 Å². The summed E-state index contributed by atoms with van der Waals surface area (Å²) in [6.07, 6.45) is 2.19. The van der Waals surface area contributed by atoms with Crippen molar-refractivity contribution in [3.05, 3.63) is 35.4 Å². The second kappa shape index (κ2) is 6.68. The van der Waals surface area contributed by atoms with Crippen LogP contribution in [0.2, 0.25) is 0 Å². The molecule has 2 rings (SSSR count). The summed E-state index contributed by atoms with van der Waals surface area (Å²) in [5.41, 5.74) is 2.52. The van der Waals surface area contributed by atoms with Crippen molar-refractivity contribution in [2.45, 2.75) is 44.8 Å². The smallest absolute Gasteiger partial charge is 0.237 e. The monoisotopic (exact) mass is 262 g/mol. The zero-order chi connectivity index (χ0) is 13.7. The van der Waals surface area contributed by atoms with Gasteiger partial charge in [-0.3, -0.25) is 4.79 Å². The highest BCUT2D eigenvalue weighted by Crippen LogP contribution is 2.16. The topological polar surface area (TPSA) is 61.4 Å². The number of amides is 1. The number of benzene rings is 1. The Bertz CT molecular complexity index is 434. The van der Waals surface area contributed by atoms with E-state index in [1.54, 1.807) is 0 Å². The largest absolute Gasteiger partial charge is 0.396 e. The summed E-state index contributed by atoms with van der Waals surface area (Å²) in [7, 11) is 0. The van der Waals surface area contributed by atoms with Crippen molar-refractivity contribution in [1.82, 2.24) is 10.6 Å². The van der Waals surface area contributed by atoms with Gasteiger partial charge in [0.15, 0.2) is 0 Å². The first kappa shape index (κ1) is 14.0. The summed E-state index contributed by atoms with van der Waals surface area (Å²) in [5.74, 6) is 0.0369. The van der Waals surface area contributed by atoms with Gasteiger partial charge in [0.2, 0.25) is 5.91 Å². The van der Waals surface area contributed by atoms with Crippen molar-refractivity contribution in [2.24, 2.45) is 0 Å². The minimum atomic E-state index is -0.164. The van der Waals surface area contributed by atoms with Gasteiger partial charge < -0.3 is 15.7 Å². The second-order valence-corrected chi connectivity index (χ2v) is 5.03. The molecule has 0 saturated heterocycles. The standard InChI is InChI=1S/C15H22N2O2/c1-2-13(7-8-18)17-15(19)14-9-11-5-3-4-6-12(11)10-16-14/h3-6,13-14,16,18H,2,7-10H2,1H3,(H,17,19)/t13?,14-/m0/s1. The molecule has 1 aliphatic rings. The average Bonchev–Trinajstić information content (AvgIpc) is 2.46. The molecule has 1 aromatic rings. The van der Waals surface area contributed by atoms with Crippen LogP contribution in [-0.4, -0.2) is 29.7 Å². The van der Waals surface area contributed by atoms with Crippen molar-refractivity contribution < 1.29 is 9.90 Å². The van der Waals surface area contributed by atoms with Gasteiger partial charge in [-0.15, -0.1) is 0 Å². The van der Waals surface area contributed by atoms with Crippen LogP contribution in [-0.2, 0) is 17.8 Å². The SMILES string of the molecule is CCC(CCO)NC(=O)[C@@H]1Cc2ccccc2CN1. The molecule has 0 fully saturated rings. The number of aliphatic hydroxyl groups excluding tert-OH is 1. The summed E-state index contributed by atoms with van der Waals surface area (Å²) in [6, 6.07) is 8.12. The van der Waals surface area contributed by atoms with Gasteiger partial charge in [-0.05, 0) is 30.4 Å². The summed E-state index contributed by atoms with van der Waals surface area (Å²) >= 11 is 0. The molecule has 1 unspecified atom stereocenters. The first-order chi connectivity index (χ1) is 9.24. The molecule has 1 aliphatic heterocycles. The minimum Gasteiger partial charge on any atom is -0.396 e. The Morgan fingerprint density at radius 3 is 2.89 bits per heavy atom. The molecule has 2 atom stereocenters. The first-order valence-corrected chi connectivity index (χ1v) is 6.96. The van der Waals surface area contributed by atoms with Crippen molar-refractivity contribution >= 4 is 5.91 Å². The third-order valence-corrected chi connectivity index (χ3v) is 3.71. The lowest BCUT2D eigenvalue weighted by Gasteiger charge is -2.27. The number of fused-ring (bicyclic) bond motifs is 1. The van der Waals surface area contributed by atoms with Gasteiger partial charge in [0.25, 0.3) is 0 Å². The van der Waals surface area contributed by atoms with Crippen molar-refractivity contribution in [3.8, 4) is 0 Å². The van der Waals surface area contributed by atoms with Crippen LogP contribution in [0.1, 0.15) is 30.9 Å². The Morgan fingerprint density at radius 2 is 2.21 bits per heavy atom. The third-order valence-electron chi connectivity index (χ3n) is 3.71. The highest BCUT2D eigenvalue weighted by atomic mass is 16.3. The van der Waals surface area contributed by atoms with Crippen LogP contribution >= 0.6 is 0 Å². The summed E-state index contributed by atoms with van der Waals surface area (Å²) in [4.78, 5) is 12.2. The van der Waals surface area contributed by atoms with Gasteiger partial charge in [0.1, 0.15) is 0 Å². The lowest BCUT2D eigenvalue weighted by atomic mass is 9.95. The average molecular weight is 262 g/mol. The highest BCUT2D eigenvalue weighted by Gasteiger charge is 2.24. The van der Waals surface area contributed by atoms with E-state index in [9.17, 15) is 4.79 Å². The number of hydrogen-bond acceptors (Lipinski definition) is 3. The fraction of sp³-hybridized carbons (Fsp3) is 0.533. The van der Waals surface area contributed by atoms with Crippen LogP contribution in [0.3, 0.4) is 0 Å². The molecule has 0 bridgehead atoms. The number of hydrogen-bond donors (Lipinski definition) is 3. The molecule has 104 valence electrons. The molecule has 0 aliphatic carbocycles. The molecule has 0 spiro atoms. The van der Waals surface area contributed by atoms with E-state index in [1.165, 1.54) is 11.1 Å². The number of nitrogens with one attached hydrogen (secondary N) is 2. The molecular formula is C15H22N2O2. The van der Waals surface area contributed by atoms with Gasteiger partial charge in [-0.25, -0.2) is 0 Å². The van der Waals surface area contributed by atoms with Gasteiger partial charge in [0, 0.05) is 19.2 Å². The van der Waals surface area contributed by atoms with E-state index >= 15 is 0 Å². The van der Waals surface area contributed by atoms with E-state index in [2.05, 4.69) is 22.8 Å². The predicted octanol–water partition coefficient (Wildman–Crippen LogP) is 0.978. The predicted molar refractivity (Wildman–Crippen MR) is 74.7 cm³/mol. The fourth-order valence-corrected chi connectivity index (χ4v) is 2.48. The molecule has 0 radical (unpaired) electrons. The first-order valence-electron chi connectivity index (χ1n) is 6.96. The van der Waals surface area contributed by atoms with E-state index in [0.717, 1.165) is 19.4 Å². The van der Waals surface area contributed by atoms with Crippen LogP contribution < -0.4 is 10.6 Å². The maximum Gasteiger partial charge on any atom is 0.237 e. The minimum absolute atomic E-state index is 0.0369. The van der Waals surface area contributed by atoms with Gasteiger partial charge in [-0.1, -0.05) is 31.2 Å². The van der Waals surface area contributed by atoms with Gasteiger partial charge in [0.05, 0.1) is 6.04 Å². The summed E-state index contributed by atoms with van der Waals surface area (Å²) in [6.45, 7) is 2.87. The Kier molecular flexibility index (Phi) is 4.93. The number of aliphatic hydroxyl groups is 1.